The molecule has 0 aromatic rings. The van der Waals surface area contributed by atoms with Crippen LogP contribution in [0.15, 0.2) is 0 Å². The van der Waals surface area contributed by atoms with Crippen molar-refractivity contribution in [3.8, 4) is 0 Å². The van der Waals surface area contributed by atoms with E-state index in [-0.39, 0.29) is 12.0 Å². The third-order valence-electron chi connectivity index (χ3n) is 4.22. The first-order chi connectivity index (χ1) is 9.78. The minimum Gasteiger partial charge on any atom is -0.468 e. The van der Waals surface area contributed by atoms with Gasteiger partial charge in [-0.05, 0) is 60.7 Å². The van der Waals surface area contributed by atoms with E-state index in [9.17, 15) is 4.79 Å². The Hall–Kier alpha value is -0.650. The number of hydrogen-bond acceptors (Lipinski definition) is 5. The van der Waals surface area contributed by atoms with E-state index in [0.29, 0.717) is 6.04 Å². The number of likely N-dealkylation sites (N-methyl/N-ethyl adjacent to an activating group) is 1. The molecule has 5 heteroatoms. The molecule has 1 heterocycles. The van der Waals surface area contributed by atoms with Crippen molar-refractivity contribution in [3.63, 3.8) is 0 Å². The fourth-order valence-electron chi connectivity index (χ4n) is 3.28. The molecule has 0 aromatic heterocycles. The molecule has 1 aliphatic heterocycles. The van der Waals surface area contributed by atoms with Crippen LogP contribution in [0.5, 0.6) is 0 Å². The molecule has 0 spiro atoms. The summed E-state index contributed by atoms with van der Waals surface area (Å²) in [5, 5.41) is 3.37. The van der Waals surface area contributed by atoms with Gasteiger partial charge in [0, 0.05) is 25.2 Å². The van der Waals surface area contributed by atoms with Crippen molar-refractivity contribution in [1.29, 1.82) is 0 Å². The molecule has 2 atom stereocenters. The Morgan fingerprint density at radius 2 is 2.14 bits per heavy atom. The number of methoxy groups -OCH3 is 1. The molecule has 2 unspecified atom stereocenters. The summed E-state index contributed by atoms with van der Waals surface area (Å²) in [6, 6.07) is 0.867. The van der Waals surface area contributed by atoms with Gasteiger partial charge in [0.1, 0.15) is 5.54 Å². The van der Waals surface area contributed by atoms with Crippen LogP contribution < -0.4 is 5.32 Å². The molecule has 21 heavy (non-hydrogen) atoms. The molecule has 1 N–H and O–H groups in total. The van der Waals surface area contributed by atoms with Crippen LogP contribution in [0.25, 0.3) is 0 Å². The van der Waals surface area contributed by atoms with Crippen molar-refractivity contribution in [2.45, 2.75) is 57.7 Å². The van der Waals surface area contributed by atoms with E-state index in [1.165, 1.54) is 20.0 Å². The number of rotatable bonds is 8. The second-order valence-corrected chi connectivity index (χ2v) is 6.97. The molecular weight excluding hydrogens is 266 g/mol. The van der Waals surface area contributed by atoms with Gasteiger partial charge in [-0.25, -0.2) is 0 Å². The van der Waals surface area contributed by atoms with Gasteiger partial charge >= 0.3 is 5.97 Å². The predicted octanol–water partition coefficient (Wildman–Crippen LogP) is 1.33. The number of ether oxygens (including phenoxy) is 1. The van der Waals surface area contributed by atoms with Crippen molar-refractivity contribution in [3.05, 3.63) is 0 Å². The molecule has 0 amide bonds. The summed E-state index contributed by atoms with van der Waals surface area (Å²) in [5.74, 6) is -0.167. The lowest BCUT2D eigenvalue weighted by Crippen LogP contribution is -2.54. The van der Waals surface area contributed by atoms with Crippen molar-refractivity contribution >= 4 is 5.97 Å². The maximum absolute atomic E-state index is 12.1. The van der Waals surface area contributed by atoms with E-state index in [4.69, 9.17) is 4.74 Å². The number of nitrogens with zero attached hydrogens (tertiary/aromatic N) is 2. The van der Waals surface area contributed by atoms with E-state index in [1.807, 2.05) is 6.92 Å². The van der Waals surface area contributed by atoms with Gasteiger partial charge in [-0.1, -0.05) is 0 Å². The molecule has 0 radical (unpaired) electrons. The van der Waals surface area contributed by atoms with Gasteiger partial charge in [0.15, 0.2) is 0 Å². The molecule has 5 nitrogen and oxygen atoms in total. The first kappa shape index (κ1) is 18.4. The van der Waals surface area contributed by atoms with Crippen LogP contribution in [0.3, 0.4) is 0 Å². The van der Waals surface area contributed by atoms with Crippen LogP contribution in [-0.2, 0) is 9.53 Å². The first-order valence-corrected chi connectivity index (χ1v) is 8.03. The zero-order chi connectivity index (χ0) is 16.0. The third-order valence-corrected chi connectivity index (χ3v) is 4.22. The van der Waals surface area contributed by atoms with Gasteiger partial charge in [0.05, 0.1) is 7.11 Å². The summed E-state index contributed by atoms with van der Waals surface area (Å²) in [5.41, 5.74) is -0.603. The summed E-state index contributed by atoms with van der Waals surface area (Å²) < 4.78 is 4.99. The largest absolute Gasteiger partial charge is 0.468 e. The van der Waals surface area contributed by atoms with Crippen molar-refractivity contribution < 1.29 is 9.53 Å². The van der Waals surface area contributed by atoms with Gasteiger partial charge in [-0.3, -0.25) is 15.0 Å². The minimum atomic E-state index is -0.603. The minimum absolute atomic E-state index is 0.167. The monoisotopic (exact) mass is 299 g/mol. The molecular formula is C16H33N3O2. The smallest absolute Gasteiger partial charge is 0.325 e. The zero-order valence-corrected chi connectivity index (χ0v) is 14.6. The summed E-state index contributed by atoms with van der Waals surface area (Å²) >= 11 is 0. The molecule has 0 aliphatic carbocycles. The predicted molar refractivity (Wildman–Crippen MR) is 86.5 cm³/mol. The van der Waals surface area contributed by atoms with Crippen molar-refractivity contribution in [2.75, 3.05) is 40.8 Å². The van der Waals surface area contributed by atoms with E-state index in [2.05, 4.69) is 43.1 Å². The lowest BCUT2D eigenvalue weighted by Gasteiger charge is -2.34. The van der Waals surface area contributed by atoms with E-state index in [0.717, 1.165) is 26.1 Å². The molecule has 1 rings (SSSR count). The normalized spacial score (nSPS) is 22.8. The summed E-state index contributed by atoms with van der Waals surface area (Å²) in [6.07, 6.45) is 3.29. The van der Waals surface area contributed by atoms with Gasteiger partial charge in [0.25, 0.3) is 0 Å². The zero-order valence-electron chi connectivity index (χ0n) is 14.6. The standard InChI is InChI=1S/C16H33N3O2/c1-13(2)17-16(3,15(20)21-6)9-11-19-10-7-8-14(19)12-18(4)5/h13-14,17H,7-12H2,1-6H3. The summed E-state index contributed by atoms with van der Waals surface area (Å²) in [7, 11) is 5.71. The number of carbonyl (C=O) groups is 1. The van der Waals surface area contributed by atoms with Crippen LogP contribution >= 0.6 is 0 Å². The average Bonchev–Trinajstić information content (AvgIpc) is 2.81. The van der Waals surface area contributed by atoms with Crippen LogP contribution in [0.1, 0.15) is 40.0 Å². The Bertz CT molecular complexity index is 333. The van der Waals surface area contributed by atoms with Crippen molar-refractivity contribution in [2.24, 2.45) is 0 Å². The second kappa shape index (κ2) is 8.11. The SMILES string of the molecule is COC(=O)C(C)(CCN1CCCC1CN(C)C)NC(C)C. The first-order valence-electron chi connectivity index (χ1n) is 8.03. The van der Waals surface area contributed by atoms with Gasteiger partial charge in [0.2, 0.25) is 0 Å². The Morgan fingerprint density at radius 3 is 2.67 bits per heavy atom. The Labute approximate surface area is 130 Å². The highest BCUT2D eigenvalue weighted by molar-refractivity contribution is 5.80. The highest BCUT2D eigenvalue weighted by Gasteiger charge is 2.36. The second-order valence-electron chi connectivity index (χ2n) is 6.97. The number of hydrogen-bond donors (Lipinski definition) is 1. The van der Waals surface area contributed by atoms with Crippen LogP contribution in [0, 0.1) is 0 Å². The van der Waals surface area contributed by atoms with E-state index in [1.54, 1.807) is 0 Å². The van der Waals surface area contributed by atoms with Crippen molar-refractivity contribution in [1.82, 2.24) is 15.1 Å². The summed E-state index contributed by atoms with van der Waals surface area (Å²) in [6.45, 7) is 9.24. The van der Waals surface area contributed by atoms with Gasteiger partial charge < -0.3 is 9.64 Å². The maximum atomic E-state index is 12.1. The molecule has 1 aliphatic rings. The van der Waals surface area contributed by atoms with E-state index < -0.39 is 5.54 Å². The quantitative estimate of drug-likeness (QED) is 0.685. The number of esters is 1. The lowest BCUT2D eigenvalue weighted by molar-refractivity contribution is -0.148. The highest BCUT2D eigenvalue weighted by Crippen LogP contribution is 2.21. The van der Waals surface area contributed by atoms with E-state index >= 15 is 0 Å². The van der Waals surface area contributed by atoms with Gasteiger partial charge in [-0.15, -0.1) is 0 Å². The highest BCUT2D eigenvalue weighted by atomic mass is 16.5. The van der Waals surface area contributed by atoms with Crippen LogP contribution in [0.4, 0.5) is 0 Å². The Balaban J connectivity index is 2.61. The number of nitrogens with one attached hydrogen (secondary N) is 1. The lowest BCUT2D eigenvalue weighted by atomic mass is 9.96. The number of likely N-dealkylation sites (tertiary alicyclic amines) is 1. The fraction of sp³-hybridized carbons (Fsp3) is 0.938. The molecule has 0 aromatic carbocycles. The fourth-order valence-corrected chi connectivity index (χ4v) is 3.28. The third kappa shape index (κ3) is 5.57. The summed E-state index contributed by atoms with van der Waals surface area (Å²) in [4.78, 5) is 16.9. The molecule has 0 saturated carbocycles. The molecule has 124 valence electrons. The van der Waals surface area contributed by atoms with Crippen LogP contribution in [0.2, 0.25) is 0 Å². The maximum Gasteiger partial charge on any atom is 0.325 e. The average molecular weight is 299 g/mol. The Morgan fingerprint density at radius 1 is 1.48 bits per heavy atom. The molecule has 0 bridgehead atoms. The van der Waals surface area contributed by atoms with Gasteiger partial charge in [-0.2, -0.15) is 0 Å². The Kier molecular flexibility index (Phi) is 7.10. The number of carbonyl (C=O) groups excluding carboxylic acids is 1. The van der Waals surface area contributed by atoms with Crippen LogP contribution in [-0.4, -0.2) is 74.2 Å². The topological polar surface area (TPSA) is 44.8 Å². The molecule has 1 fully saturated rings. The molecule has 1 saturated heterocycles.